The van der Waals surface area contributed by atoms with Crippen molar-refractivity contribution >= 4 is 10.0 Å². The van der Waals surface area contributed by atoms with E-state index >= 15 is 0 Å². The van der Waals surface area contributed by atoms with Crippen LogP contribution in [0.4, 0.5) is 0 Å². The summed E-state index contributed by atoms with van der Waals surface area (Å²) >= 11 is 0. The Labute approximate surface area is 114 Å². The molecule has 0 radical (unpaired) electrons. The lowest BCUT2D eigenvalue weighted by Crippen LogP contribution is -2.40. The van der Waals surface area contributed by atoms with Crippen molar-refractivity contribution in [3.05, 3.63) is 24.2 Å². The lowest BCUT2D eigenvalue weighted by Gasteiger charge is -2.35. The van der Waals surface area contributed by atoms with Crippen molar-refractivity contribution in [3.8, 4) is 0 Å². The highest BCUT2D eigenvalue weighted by atomic mass is 32.2. The standard InChI is InChI=1S/C14H21NO3S/c1-11(7-13-3-2-6-18-13)15-19(16,17)10-12-8-14(9-12)4-5-14/h2-3,6,11-12,15H,4-5,7-10H2,1H3. The van der Waals surface area contributed by atoms with Crippen LogP contribution in [0, 0.1) is 11.3 Å². The zero-order valence-corrected chi connectivity index (χ0v) is 12.1. The first-order valence-corrected chi connectivity index (χ1v) is 8.64. The molecule has 3 rings (SSSR count). The van der Waals surface area contributed by atoms with Crippen molar-refractivity contribution in [2.24, 2.45) is 11.3 Å². The Balaban J connectivity index is 1.47. The van der Waals surface area contributed by atoms with Gasteiger partial charge >= 0.3 is 0 Å². The lowest BCUT2D eigenvalue weighted by atomic mass is 9.73. The zero-order chi connectivity index (χ0) is 13.5. The normalized spacial score (nSPS) is 23.2. The second-order valence-electron chi connectivity index (χ2n) is 6.36. The van der Waals surface area contributed by atoms with Crippen LogP contribution >= 0.6 is 0 Å². The van der Waals surface area contributed by atoms with E-state index in [0.29, 0.717) is 17.8 Å². The molecule has 0 bridgehead atoms. The fourth-order valence-electron chi connectivity index (χ4n) is 3.30. The van der Waals surface area contributed by atoms with Crippen LogP contribution in [0.5, 0.6) is 0 Å². The van der Waals surface area contributed by atoms with Crippen molar-refractivity contribution in [2.75, 3.05) is 5.75 Å². The van der Waals surface area contributed by atoms with Gasteiger partial charge in [-0.15, -0.1) is 0 Å². The average molecular weight is 283 g/mol. The summed E-state index contributed by atoms with van der Waals surface area (Å²) in [5.41, 5.74) is 0.569. The number of hydrogen-bond acceptors (Lipinski definition) is 3. The summed E-state index contributed by atoms with van der Waals surface area (Å²) in [6.07, 6.45) is 7.06. The predicted molar refractivity (Wildman–Crippen MR) is 73.2 cm³/mol. The molecule has 0 amide bonds. The highest BCUT2D eigenvalue weighted by Crippen LogP contribution is 2.63. The Kier molecular flexibility index (Phi) is 3.21. The Bertz CT molecular complexity index is 523. The van der Waals surface area contributed by atoms with Crippen LogP contribution < -0.4 is 4.72 Å². The molecule has 1 unspecified atom stereocenters. The molecule has 106 valence electrons. The summed E-state index contributed by atoms with van der Waals surface area (Å²) in [6, 6.07) is 3.57. The van der Waals surface area contributed by atoms with E-state index in [9.17, 15) is 8.42 Å². The van der Waals surface area contributed by atoms with E-state index in [1.54, 1.807) is 6.26 Å². The molecular weight excluding hydrogens is 262 g/mol. The number of hydrogen-bond donors (Lipinski definition) is 1. The van der Waals surface area contributed by atoms with E-state index in [-0.39, 0.29) is 11.8 Å². The third-order valence-electron chi connectivity index (χ3n) is 4.32. The molecule has 2 aliphatic carbocycles. The van der Waals surface area contributed by atoms with Gasteiger partial charge in [-0.2, -0.15) is 0 Å². The maximum absolute atomic E-state index is 12.1. The monoisotopic (exact) mass is 283 g/mol. The van der Waals surface area contributed by atoms with Crippen LogP contribution in [0.25, 0.3) is 0 Å². The van der Waals surface area contributed by atoms with E-state index in [1.807, 2.05) is 19.1 Å². The molecule has 0 saturated heterocycles. The molecular formula is C14H21NO3S. The van der Waals surface area contributed by atoms with Gasteiger partial charge in [0.2, 0.25) is 10.0 Å². The molecule has 1 atom stereocenters. The quantitative estimate of drug-likeness (QED) is 0.871. The molecule has 0 aliphatic heterocycles. The van der Waals surface area contributed by atoms with Gasteiger partial charge in [0.1, 0.15) is 5.76 Å². The first-order chi connectivity index (χ1) is 8.96. The molecule has 2 fully saturated rings. The SMILES string of the molecule is CC(Cc1ccco1)NS(=O)(=O)CC1CC2(CC2)C1. The van der Waals surface area contributed by atoms with Gasteiger partial charge in [-0.1, -0.05) is 0 Å². The molecule has 19 heavy (non-hydrogen) atoms. The summed E-state index contributed by atoms with van der Waals surface area (Å²) in [4.78, 5) is 0. The van der Waals surface area contributed by atoms with Gasteiger partial charge in [-0.3, -0.25) is 0 Å². The van der Waals surface area contributed by atoms with E-state index in [4.69, 9.17) is 4.42 Å². The summed E-state index contributed by atoms with van der Waals surface area (Å²) in [6.45, 7) is 1.88. The maximum Gasteiger partial charge on any atom is 0.212 e. The van der Waals surface area contributed by atoms with E-state index < -0.39 is 10.0 Å². The molecule has 1 N–H and O–H groups in total. The van der Waals surface area contributed by atoms with Crippen LogP contribution in [-0.4, -0.2) is 20.2 Å². The number of sulfonamides is 1. The minimum Gasteiger partial charge on any atom is -0.469 e. The van der Waals surface area contributed by atoms with Gasteiger partial charge in [0, 0.05) is 12.5 Å². The summed E-state index contributed by atoms with van der Waals surface area (Å²) in [5, 5.41) is 0. The Morgan fingerprint density at radius 1 is 1.47 bits per heavy atom. The highest BCUT2D eigenvalue weighted by molar-refractivity contribution is 7.89. The van der Waals surface area contributed by atoms with Gasteiger partial charge in [0.15, 0.2) is 0 Å². The first kappa shape index (κ1) is 13.2. The van der Waals surface area contributed by atoms with Gasteiger partial charge in [-0.25, -0.2) is 13.1 Å². The van der Waals surface area contributed by atoms with Crippen LogP contribution in [0.1, 0.15) is 38.4 Å². The number of nitrogens with one attached hydrogen (secondary N) is 1. The third kappa shape index (κ3) is 3.20. The summed E-state index contributed by atoms with van der Waals surface area (Å²) in [5.74, 6) is 1.48. The topological polar surface area (TPSA) is 59.3 Å². The van der Waals surface area contributed by atoms with Crippen molar-refractivity contribution < 1.29 is 12.8 Å². The third-order valence-corrected chi connectivity index (χ3v) is 6.00. The van der Waals surface area contributed by atoms with Crippen LogP contribution in [0.15, 0.2) is 22.8 Å². The van der Waals surface area contributed by atoms with Crippen LogP contribution in [-0.2, 0) is 16.4 Å². The van der Waals surface area contributed by atoms with Crippen molar-refractivity contribution in [3.63, 3.8) is 0 Å². The van der Waals surface area contributed by atoms with Gasteiger partial charge in [-0.05, 0) is 56.1 Å². The predicted octanol–water partition coefficient (Wildman–Crippen LogP) is 2.32. The fraction of sp³-hybridized carbons (Fsp3) is 0.714. The Hall–Kier alpha value is -0.810. The smallest absolute Gasteiger partial charge is 0.212 e. The first-order valence-electron chi connectivity index (χ1n) is 6.99. The van der Waals surface area contributed by atoms with Gasteiger partial charge in [0.05, 0.1) is 12.0 Å². The molecule has 2 aliphatic rings. The Morgan fingerprint density at radius 3 is 2.79 bits per heavy atom. The zero-order valence-electron chi connectivity index (χ0n) is 11.3. The highest BCUT2D eigenvalue weighted by Gasteiger charge is 2.53. The minimum absolute atomic E-state index is 0.119. The molecule has 1 spiro atoms. The van der Waals surface area contributed by atoms with E-state index in [0.717, 1.165) is 18.6 Å². The molecule has 1 aromatic heterocycles. The van der Waals surface area contributed by atoms with Crippen molar-refractivity contribution in [2.45, 2.75) is 45.1 Å². The number of furan rings is 1. The summed E-state index contributed by atoms with van der Waals surface area (Å²) < 4.78 is 32.1. The Morgan fingerprint density at radius 2 is 2.21 bits per heavy atom. The van der Waals surface area contributed by atoms with Gasteiger partial charge < -0.3 is 4.42 Å². The van der Waals surface area contributed by atoms with Crippen molar-refractivity contribution in [1.29, 1.82) is 0 Å². The van der Waals surface area contributed by atoms with Gasteiger partial charge in [0.25, 0.3) is 0 Å². The fourth-order valence-corrected chi connectivity index (χ4v) is 4.95. The molecule has 0 aromatic carbocycles. The second-order valence-corrected chi connectivity index (χ2v) is 8.16. The van der Waals surface area contributed by atoms with Crippen molar-refractivity contribution in [1.82, 2.24) is 4.72 Å². The second kappa shape index (κ2) is 4.63. The molecule has 1 heterocycles. The molecule has 4 nitrogen and oxygen atoms in total. The molecule has 1 aromatic rings. The molecule has 5 heteroatoms. The molecule has 2 saturated carbocycles. The van der Waals surface area contributed by atoms with E-state index in [2.05, 4.69) is 4.72 Å². The summed E-state index contributed by atoms with van der Waals surface area (Å²) in [7, 11) is -3.16. The van der Waals surface area contributed by atoms with E-state index in [1.165, 1.54) is 12.8 Å². The number of rotatable bonds is 6. The average Bonchev–Trinajstić information content (AvgIpc) is 2.86. The van der Waals surface area contributed by atoms with Crippen LogP contribution in [0.2, 0.25) is 0 Å². The largest absolute Gasteiger partial charge is 0.469 e. The van der Waals surface area contributed by atoms with Crippen LogP contribution in [0.3, 0.4) is 0 Å². The minimum atomic E-state index is -3.16. The lowest BCUT2D eigenvalue weighted by molar-refractivity contribution is 0.189. The maximum atomic E-state index is 12.1.